The molecule has 0 heterocycles. The molecule has 2 nitrogen and oxygen atoms in total. The molecule has 0 aliphatic heterocycles. The number of carbonyl (C=O) groups is 1. The topological polar surface area (TPSA) is 29.1 Å². The van der Waals surface area contributed by atoms with Crippen LogP contribution >= 0.6 is 15.9 Å². The smallest absolute Gasteiger partial charge is 0.252 e. The Morgan fingerprint density at radius 3 is 2.94 bits per heavy atom. The largest absolute Gasteiger partial charge is 0.338 e. The molecular formula is C13H14BrNO. The molecule has 1 N–H and O–H groups in total. The Kier molecular flexibility index (Phi) is 5.07. The van der Waals surface area contributed by atoms with Gasteiger partial charge in [0.25, 0.3) is 5.91 Å². The molecule has 0 aliphatic carbocycles. The lowest BCUT2D eigenvalue weighted by atomic mass is 10.1. The zero-order chi connectivity index (χ0) is 12.0. The van der Waals surface area contributed by atoms with E-state index in [1.807, 2.05) is 19.1 Å². The SMILES string of the molecule is C#CC(CCC)NC(=O)c1cccc(Br)c1. The van der Waals surface area contributed by atoms with Gasteiger partial charge in [0.2, 0.25) is 0 Å². The molecule has 1 aromatic rings. The van der Waals surface area contributed by atoms with Gasteiger partial charge in [-0.05, 0) is 24.6 Å². The molecule has 0 radical (unpaired) electrons. The van der Waals surface area contributed by atoms with Crippen LogP contribution in [0.5, 0.6) is 0 Å². The first-order chi connectivity index (χ1) is 7.67. The summed E-state index contributed by atoms with van der Waals surface area (Å²) < 4.78 is 0.882. The van der Waals surface area contributed by atoms with Crippen molar-refractivity contribution in [2.45, 2.75) is 25.8 Å². The summed E-state index contributed by atoms with van der Waals surface area (Å²) in [7, 11) is 0. The van der Waals surface area contributed by atoms with E-state index in [4.69, 9.17) is 6.42 Å². The Hall–Kier alpha value is -1.27. The molecule has 0 fully saturated rings. The van der Waals surface area contributed by atoms with Crippen LogP contribution in [-0.4, -0.2) is 11.9 Å². The number of hydrogen-bond donors (Lipinski definition) is 1. The average molecular weight is 280 g/mol. The quantitative estimate of drug-likeness (QED) is 0.844. The third-order valence-corrected chi connectivity index (χ3v) is 2.66. The van der Waals surface area contributed by atoms with Crippen LogP contribution in [0, 0.1) is 12.3 Å². The zero-order valence-corrected chi connectivity index (χ0v) is 10.8. The number of amides is 1. The van der Waals surface area contributed by atoms with Crippen molar-refractivity contribution in [1.82, 2.24) is 5.32 Å². The van der Waals surface area contributed by atoms with Crippen molar-refractivity contribution in [3.8, 4) is 12.3 Å². The van der Waals surface area contributed by atoms with Gasteiger partial charge < -0.3 is 5.32 Å². The fourth-order valence-electron chi connectivity index (χ4n) is 1.36. The van der Waals surface area contributed by atoms with Crippen molar-refractivity contribution < 1.29 is 4.79 Å². The fraction of sp³-hybridized carbons (Fsp3) is 0.308. The molecule has 1 atom stereocenters. The van der Waals surface area contributed by atoms with E-state index in [9.17, 15) is 4.79 Å². The highest BCUT2D eigenvalue weighted by Gasteiger charge is 2.10. The second-order valence-corrected chi connectivity index (χ2v) is 4.41. The van der Waals surface area contributed by atoms with Crippen molar-refractivity contribution in [1.29, 1.82) is 0 Å². The molecule has 0 saturated heterocycles. The van der Waals surface area contributed by atoms with E-state index in [0.717, 1.165) is 17.3 Å². The van der Waals surface area contributed by atoms with Gasteiger partial charge in [0, 0.05) is 10.0 Å². The third kappa shape index (κ3) is 3.71. The maximum absolute atomic E-state index is 11.8. The molecule has 84 valence electrons. The van der Waals surface area contributed by atoms with E-state index >= 15 is 0 Å². The van der Waals surface area contributed by atoms with Crippen molar-refractivity contribution >= 4 is 21.8 Å². The maximum atomic E-state index is 11.8. The van der Waals surface area contributed by atoms with Crippen molar-refractivity contribution in [2.75, 3.05) is 0 Å². The first-order valence-electron chi connectivity index (χ1n) is 5.20. The van der Waals surface area contributed by atoms with Gasteiger partial charge in [-0.25, -0.2) is 0 Å². The Morgan fingerprint density at radius 1 is 1.62 bits per heavy atom. The van der Waals surface area contributed by atoms with Gasteiger partial charge in [-0.3, -0.25) is 4.79 Å². The summed E-state index contributed by atoms with van der Waals surface area (Å²) in [6.45, 7) is 2.04. The van der Waals surface area contributed by atoms with Crippen molar-refractivity contribution in [3.63, 3.8) is 0 Å². The van der Waals surface area contributed by atoms with Crippen LogP contribution < -0.4 is 5.32 Å². The summed E-state index contributed by atoms with van der Waals surface area (Å²) in [6, 6.07) is 7.05. The minimum atomic E-state index is -0.184. The molecule has 1 aromatic carbocycles. The van der Waals surface area contributed by atoms with Crippen LogP contribution in [0.1, 0.15) is 30.1 Å². The molecule has 1 rings (SSSR count). The van der Waals surface area contributed by atoms with Crippen LogP contribution in [0.25, 0.3) is 0 Å². The molecule has 1 unspecified atom stereocenters. The molecule has 3 heteroatoms. The van der Waals surface area contributed by atoms with Crippen molar-refractivity contribution in [3.05, 3.63) is 34.3 Å². The molecule has 0 spiro atoms. The lowest BCUT2D eigenvalue weighted by Gasteiger charge is -2.11. The third-order valence-electron chi connectivity index (χ3n) is 2.17. The average Bonchev–Trinajstić information content (AvgIpc) is 2.28. The summed E-state index contributed by atoms with van der Waals surface area (Å²) >= 11 is 3.32. The predicted molar refractivity (Wildman–Crippen MR) is 69.1 cm³/mol. The number of benzene rings is 1. The van der Waals surface area contributed by atoms with Gasteiger partial charge in [-0.15, -0.1) is 6.42 Å². The second kappa shape index (κ2) is 6.34. The zero-order valence-electron chi connectivity index (χ0n) is 9.16. The van der Waals surface area contributed by atoms with Crippen LogP contribution in [0.2, 0.25) is 0 Å². The van der Waals surface area contributed by atoms with Gasteiger partial charge in [-0.2, -0.15) is 0 Å². The molecule has 16 heavy (non-hydrogen) atoms. The Labute approximate surface area is 105 Å². The Bertz CT molecular complexity index is 409. The first-order valence-corrected chi connectivity index (χ1v) is 5.99. The second-order valence-electron chi connectivity index (χ2n) is 3.49. The number of halogens is 1. The lowest BCUT2D eigenvalue weighted by Crippen LogP contribution is -2.33. The minimum absolute atomic E-state index is 0.127. The highest BCUT2D eigenvalue weighted by molar-refractivity contribution is 9.10. The number of rotatable bonds is 4. The number of terminal acetylenes is 1. The monoisotopic (exact) mass is 279 g/mol. The van der Waals surface area contributed by atoms with Gasteiger partial charge in [-0.1, -0.05) is 41.3 Å². The van der Waals surface area contributed by atoms with E-state index in [1.54, 1.807) is 12.1 Å². The predicted octanol–water partition coefficient (Wildman–Crippen LogP) is 2.98. The Balaban J connectivity index is 2.69. The Morgan fingerprint density at radius 2 is 2.38 bits per heavy atom. The van der Waals surface area contributed by atoms with E-state index in [2.05, 4.69) is 27.2 Å². The van der Waals surface area contributed by atoms with Gasteiger partial charge in [0.05, 0.1) is 6.04 Å². The summed E-state index contributed by atoms with van der Waals surface area (Å²) in [6.07, 6.45) is 7.09. The van der Waals surface area contributed by atoms with Crippen LogP contribution in [-0.2, 0) is 0 Å². The number of carbonyl (C=O) groups excluding carboxylic acids is 1. The van der Waals surface area contributed by atoms with Crippen LogP contribution in [0.15, 0.2) is 28.7 Å². The standard InChI is InChI=1S/C13H14BrNO/c1-3-6-12(4-2)15-13(16)10-7-5-8-11(14)9-10/h2,5,7-9,12H,3,6H2,1H3,(H,15,16). The van der Waals surface area contributed by atoms with E-state index in [-0.39, 0.29) is 11.9 Å². The molecule has 1 amide bonds. The van der Waals surface area contributed by atoms with Crippen LogP contribution in [0.4, 0.5) is 0 Å². The summed E-state index contributed by atoms with van der Waals surface area (Å²) in [5, 5.41) is 2.82. The van der Waals surface area contributed by atoms with E-state index in [1.165, 1.54) is 0 Å². The molecule has 0 saturated carbocycles. The number of nitrogens with one attached hydrogen (secondary N) is 1. The first kappa shape index (κ1) is 12.8. The molecule has 0 aromatic heterocycles. The van der Waals surface area contributed by atoms with Gasteiger partial charge in [0.15, 0.2) is 0 Å². The summed E-state index contributed by atoms with van der Waals surface area (Å²) in [5.74, 6) is 2.45. The lowest BCUT2D eigenvalue weighted by molar-refractivity contribution is 0.0944. The summed E-state index contributed by atoms with van der Waals surface area (Å²) in [4.78, 5) is 11.8. The van der Waals surface area contributed by atoms with E-state index < -0.39 is 0 Å². The van der Waals surface area contributed by atoms with Gasteiger partial charge >= 0.3 is 0 Å². The fourth-order valence-corrected chi connectivity index (χ4v) is 1.76. The molecule has 0 bridgehead atoms. The maximum Gasteiger partial charge on any atom is 0.252 e. The molecular weight excluding hydrogens is 266 g/mol. The minimum Gasteiger partial charge on any atom is -0.338 e. The molecule has 0 aliphatic rings. The normalized spacial score (nSPS) is 11.6. The summed E-state index contributed by atoms with van der Waals surface area (Å²) in [5.41, 5.74) is 0.616. The van der Waals surface area contributed by atoms with Crippen molar-refractivity contribution in [2.24, 2.45) is 0 Å². The van der Waals surface area contributed by atoms with E-state index in [0.29, 0.717) is 5.56 Å². The highest BCUT2D eigenvalue weighted by Crippen LogP contribution is 2.11. The number of hydrogen-bond acceptors (Lipinski definition) is 1. The highest BCUT2D eigenvalue weighted by atomic mass is 79.9. The van der Waals surface area contributed by atoms with Crippen LogP contribution in [0.3, 0.4) is 0 Å². The van der Waals surface area contributed by atoms with Gasteiger partial charge in [0.1, 0.15) is 0 Å².